The summed E-state index contributed by atoms with van der Waals surface area (Å²) in [4.78, 5) is 7.26. The number of nitrogens with one attached hydrogen (secondary N) is 2. The SMILES string of the molecule is CCCN1CCC(CN=C(NCC)NCCc2cccc(F)c2)C1. The second-order valence-electron chi connectivity index (χ2n) is 6.48. The molecule has 0 radical (unpaired) electrons. The minimum atomic E-state index is -0.175. The molecule has 0 amide bonds. The number of halogens is 1. The van der Waals surface area contributed by atoms with E-state index in [1.54, 1.807) is 12.1 Å². The van der Waals surface area contributed by atoms with E-state index in [1.165, 1.54) is 38.5 Å². The topological polar surface area (TPSA) is 39.7 Å². The molecule has 1 aromatic carbocycles. The zero-order valence-electron chi connectivity index (χ0n) is 15.0. The summed E-state index contributed by atoms with van der Waals surface area (Å²) in [6, 6.07) is 6.78. The number of benzene rings is 1. The smallest absolute Gasteiger partial charge is 0.191 e. The first kappa shape index (κ1) is 18.7. The van der Waals surface area contributed by atoms with Gasteiger partial charge in [-0.05, 0) is 62.9 Å². The van der Waals surface area contributed by atoms with E-state index < -0.39 is 0 Å². The fraction of sp³-hybridized carbons (Fsp3) is 0.632. The maximum Gasteiger partial charge on any atom is 0.191 e. The van der Waals surface area contributed by atoms with Crippen molar-refractivity contribution in [3.05, 3.63) is 35.6 Å². The Balaban J connectivity index is 1.76. The molecule has 5 heteroatoms. The van der Waals surface area contributed by atoms with Gasteiger partial charge in [-0.3, -0.25) is 4.99 Å². The van der Waals surface area contributed by atoms with E-state index in [9.17, 15) is 4.39 Å². The standard InChI is InChI=1S/C19H31FN4/c1-3-11-24-12-9-17(15-24)14-23-19(21-4-2)22-10-8-16-6-5-7-18(20)13-16/h5-7,13,17H,3-4,8-12,14-15H2,1-2H3,(H2,21,22,23). The predicted molar refractivity (Wildman–Crippen MR) is 98.9 cm³/mol. The number of guanidine groups is 1. The maximum atomic E-state index is 13.2. The first-order valence-electron chi connectivity index (χ1n) is 9.20. The monoisotopic (exact) mass is 334 g/mol. The van der Waals surface area contributed by atoms with Crippen molar-refractivity contribution in [3.8, 4) is 0 Å². The van der Waals surface area contributed by atoms with Crippen molar-refractivity contribution in [2.24, 2.45) is 10.9 Å². The van der Waals surface area contributed by atoms with Gasteiger partial charge >= 0.3 is 0 Å². The summed E-state index contributed by atoms with van der Waals surface area (Å²) >= 11 is 0. The third kappa shape index (κ3) is 6.48. The highest BCUT2D eigenvalue weighted by Gasteiger charge is 2.21. The van der Waals surface area contributed by atoms with Crippen LogP contribution in [0.25, 0.3) is 0 Å². The van der Waals surface area contributed by atoms with Gasteiger partial charge in [0.2, 0.25) is 0 Å². The Bertz CT molecular complexity index is 518. The van der Waals surface area contributed by atoms with Crippen molar-refractivity contribution in [3.63, 3.8) is 0 Å². The molecule has 1 aromatic rings. The average Bonchev–Trinajstić information content (AvgIpc) is 3.01. The number of likely N-dealkylation sites (tertiary alicyclic amines) is 1. The molecule has 0 spiro atoms. The van der Waals surface area contributed by atoms with Crippen LogP contribution in [0.3, 0.4) is 0 Å². The Morgan fingerprint density at radius 3 is 2.96 bits per heavy atom. The Morgan fingerprint density at radius 2 is 2.21 bits per heavy atom. The van der Waals surface area contributed by atoms with Gasteiger partial charge in [0.1, 0.15) is 5.82 Å². The molecular weight excluding hydrogens is 303 g/mol. The van der Waals surface area contributed by atoms with Gasteiger partial charge in [0.15, 0.2) is 5.96 Å². The Labute approximate surface area is 145 Å². The normalized spacial score (nSPS) is 18.8. The van der Waals surface area contributed by atoms with Gasteiger partial charge in [-0.15, -0.1) is 0 Å². The summed E-state index contributed by atoms with van der Waals surface area (Å²) in [6.07, 6.45) is 3.25. The Kier molecular flexibility index (Phi) is 8.02. The number of hydrogen-bond donors (Lipinski definition) is 2. The van der Waals surface area contributed by atoms with Crippen molar-refractivity contribution in [2.75, 3.05) is 39.3 Å². The number of rotatable bonds is 8. The second kappa shape index (κ2) is 10.3. The van der Waals surface area contributed by atoms with E-state index in [0.717, 1.165) is 37.6 Å². The lowest BCUT2D eigenvalue weighted by molar-refractivity contribution is 0.326. The Hall–Kier alpha value is -1.62. The molecule has 1 heterocycles. The van der Waals surface area contributed by atoms with Crippen molar-refractivity contribution < 1.29 is 4.39 Å². The van der Waals surface area contributed by atoms with Crippen molar-refractivity contribution in [1.29, 1.82) is 0 Å². The van der Waals surface area contributed by atoms with E-state index in [4.69, 9.17) is 4.99 Å². The fourth-order valence-corrected chi connectivity index (χ4v) is 3.16. The highest BCUT2D eigenvalue weighted by atomic mass is 19.1. The van der Waals surface area contributed by atoms with Crippen LogP contribution in [0.5, 0.6) is 0 Å². The van der Waals surface area contributed by atoms with Crippen LogP contribution < -0.4 is 10.6 Å². The highest BCUT2D eigenvalue weighted by molar-refractivity contribution is 5.79. The van der Waals surface area contributed by atoms with Crippen LogP contribution in [0, 0.1) is 11.7 Å². The molecule has 24 heavy (non-hydrogen) atoms. The first-order valence-corrected chi connectivity index (χ1v) is 9.20. The van der Waals surface area contributed by atoms with Crippen LogP contribution in [-0.4, -0.2) is 50.1 Å². The molecule has 134 valence electrons. The summed E-state index contributed by atoms with van der Waals surface area (Å²) in [5, 5.41) is 6.64. The molecule has 0 saturated carbocycles. The zero-order valence-corrected chi connectivity index (χ0v) is 15.0. The molecule has 2 N–H and O–H groups in total. The van der Waals surface area contributed by atoms with E-state index >= 15 is 0 Å². The largest absolute Gasteiger partial charge is 0.357 e. The summed E-state index contributed by atoms with van der Waals surface area (Å²) < 4.78 is 13.2. The maximum absolute atomic E-state index is 13.2. The van der Waals surface area contributed by atoms with Gasteiger partial charge in [0.05, 0.1) is 0 Å². The van der Waals surface area contributed by atoms with Gasteiger partial charge < -0.3 is 15.5 Å². The molecule has 1 atom stereocenters. The molecule has 0 aromatic heterocycles. The van der Waals surface area contributed by atoms with E-state index in [2.05, 4.69) is 29.4 Å². The van der Waals surface area contributed by atoms with Gasteiger partial charge in [-0.25, -0.2) is 4.39 Å². The molecule has 1 saturated heterocycles. The van der Waals surface area contributed by atoms with Gasteiger partial charge in [-0.2, -0.15) is 0 Å². The number of hydrogen-bond acceptors (Lipinski definition) is 2. The number of nitrogens with zero attached hydrogens (tertiary/aromatic N) is 2. The molecular formula is C19H31FN4. The highest BCUT2D eigenvalue weighted by Crippen LogP contribution is 2.16. The summed E-state index contributed by atoms with van der Waals surface area (Å²) in [6.45, 7) is 10.3. The van der Waals surface area contributed by atoms with Crippen LogP contribution in [0.2, 0.25) is 0 Å². The van der Waals surface area contributed by atoms with Crippen molar-refractivity contribution in [1.82, 2.24) is 15.5 Å². The molecule has 1 aliphatic rings. The molecule has 2 rings (SSSR count). The van der Waals surface area contributed by atoms with Crippen molar-refractivity contribution >= 4 is 5.96 Å². The fourth-order valence-electron chi connectivity index (χ4n) is 3.16. The molecule has 1 unspecified atom stereocenters. The van der Waals surface area contributed by atoms with Crippen molar-refractivity contribution in [2.45, 2.75) is 33.1 Å². The number of aliphatic imine (C=N–C) groups is 1. The summed E-state index contributed by atoms with van der Waals surface area (Å²) in [5.41, 5.74) is 1.00. The molecule has 4 nitrogen and oxygen atoms in total. The van der Waals surface area contributed by atoms with Crippen LogP contribution in [0.4, 0.5) is 4.39 Å². The van der Waals surface area contributed by atoms with E-state index in [1.807, 2.05) is 6.07 Å². The lowest BCUT2D eigenvalue weighted by atomic mass is 10.1. The predicted octanol–water partition coefficient (Wildman–Crippen LogP) is 2.66. The molecule has 1 aliphatic heterocycles. The van der Waals surface area contributed by atoms with Crippen LogP contribution in [-0.2, 0) is 6.42 Å². The first-order chi connectivity index (χ1) is 11.7. The third-order valence-corrected chi connectivity index (χ3v) is 4.36. The third-order valence-electron chi connectivity index (χ3n) is 4.36. The molecule has 0 aliphatic carbocycles. The summed E-state index contributed by atoms with van der Waals surface area (Å²) in [7, 11) is 0. The van der Waals surface area contributed by atoms with Gasteiger partial charge in [0, 0.05) is 26.2 Å². The second-order valence-corrected chi connectivity index (χ2v) is 6.48. The molecule has 0 bridgehead atoms. The van der Waals surface area contributed by atoms with Crippen LogP contribution >= 0.6 is 0 Å². The lowest BCUT2D eigenvalue weighted by Gasteiger charge is -2.15. The minimum absolute atomic E-state index is 0.175. The average molecular weight is 334 g/mol. The van der Waals surface area contributed by atoms with E-state index in [0.29, 0.717) is 5.92 Å². The van der Waals surface area contributed by atoms with Gasteiger partial charge in [-0.1, -0.05) is 19.1 Å². The van der Waals surface area contributed by atoms with Crippen LogP contribution in [0.1, 0.15) is 32.3 Å². The van der Waals surface area contributed by atoms with Crippen LogP contribution in [0.15, 0.2) is 29.3 Å². The van der Waals surface area contributed by atoms with E-state index in [-0.39, 0.29) is 5.82 Å². The Morgan fingerprint density at radius 1 is 1.33 bits per heavy atom. The summed E-state index contributed by atoms with van der Waals surface area (Å²) in [5.74, 6) is 1.35. The lowest BCUT2D eigenvalue weighted by Crippen LogP contribution is -2.38. The molecule has 1 fully saturated rings. The minimum Gasteiger partial charge on any atom is -0.357 e. The zero-order chi connectivity index (χ0) is 17.2. The van der Waals surface area contributed by atoms with Gasteiger partial charge in [0.25, 0.3) is 0 Å². The quantitative estimate of drug-likeness (QED) is 0.567.